The van der Waals surface area contributed by atoms with Crippen LogP contribution in [-0.2, 0) is 6.42 Å². The van der Waals surface area contributed by atoms with Crippen molar-refractivity contribution in [1.29, 1.82) is 0 Å². The molecule has 124 valence electrons. The van der Waals surface area contributed by atoms with E-state index in [0.29, 0.717) is 12.8 Å². The average molecular weight is 320 g/mol. The summed E-state index contributed by atoms with van der Waals surface area (Å²) in [7, 11) is 2.07. The molecule has 1 aliphatic heterocycles. The summed E-state index contributed by atoms with van der Waals surface area (Å²) < 4.78 is 54.0. The van der Waals surface area contributed by atoms with Crippen molar-refractivity contribution in [3.63, 3.8) is 0 Å². The molecule has 0 amide bonds. The van der Waals surface area contributed by atoms with Crippen molar-refractivity contribution in [3.8, 4) is 5.75 Å². The van der Waals surface area contributed by atoms with Gasteiger partial charge in [0, 0.05) is 26.2 Å². The molecule has 3 nitrogen and oxygen atoms in total. The second-order valence-corrected chi connectivity index (χ2v) is 5.55. The third kappa shape index (κ3) is 5.46. The van der Waals surface area contributed by atoms with Crippen molar-refractivity contribution < 1.29 is 22.3 Å². The van der Waals surface area contributed by atoms with Crippen LogP contribution >= 0.6 is 0 Å². The number of aryl methyl sites for hydroxylation is 1. The molecule has 0 atom stereocenters. The fraction of sp³-hybridized carbons (Fsp3) is 0.600. The number of hydrogen-bond acceptors (Lipinski definition) is 3. The first kappa shape index (κ1) is 17.0. The number of rotatable bonds is 5. The van der Waals surface area contributed by atoms with Crippen LogP contribution in [0.5, 0.6) is 5.75 Å². The van der Waals surface area contributed by atoms with Gasteiger partial charge in [-0.2, -0.15) is 0 Å². The molecule has 1 heterocycles. The first-order chi connectivity index (χ1) is 10.3. The quantitative estimate of drug-likeness (QED) is 0.776. The van der Waals surface area contributed by atoms with Crippen LogP contribution in [0.15, 0.2) is 18.2 Å². The van der Waals surface area contributed by atoms with Gasteiger partial charge in [0.25, 0.3) is 0 Å². The van der Waals surface area contributed by atoms with Crippen molar-refractivity contribution >= 4 is 0 Å². The number of benzene rings is 1. The molecule has 1 fully saturated rings. The predicted molar refractivity (Wildman–Crippen MR) is 75.3 cm³/mol. The van der Waals surface area contributed by atoms with Gasteiger partial charge in [-0.1, -0.05) is 0 Å². The summed E-state index contributed by atoms with van der Waals surface area (Å²) in [6.07, 6.45) is -3.65. The van der Waals surface area contributed by atoms with Crippen LogP contribution in [0, 0.1) is 5.82 Å². The monoisotopic (exact) mass is 320 g/mol. The maximum atomic E-state index is 13.7. The Morgan fingerprint density at radius 2 is 1.82 bits per heavy atom. The molecule has 1 aromatic carbocycles. The zero-order valence-electron chi connectivity index (χ0n) is 12.5. The Hall–Kier alpha value is -1.34. The van der Waals surface area contributed by atoms with Gasteiger partial charge < -0.3 is 14.5 Å². The average Bonchev–Trinajstić information content (AvgIpc) is 2.43. The van der Waals surface area contributed by atoms with Crippen molar-refractivity contribution in [1.82, 2.24) is 9.80 Å². The first-order valence-electron chi connectivity index (χ1n) is 7.28. The second-order valence-electron chi connectivity index (χ2n) is 5.55. The van der Waals surface area contributed by atoms with Gasteiger partial charge in [0.2, 0.25) is 0 Å². The smallest absolute Gasteiger partial charge is 0.406 e. The lowest BCUT2D eigenvalue weighted by Gasteiger charge is -2.32. The zero-order valence-corrected chi connectivity index (χ0v) is 12.5. The molecule has 0 bridgehead atoms. The van der Waals surface area contributed by atoms with Gasteiger partial charge in [0.1, 0.15) is 11.6 Å². The van der Waals surface area contributed by atoms with E-state index in [1.54, 1.807) is 0 Å². The fourth-order valence-corrected chi connectivity index (χ4v) is 2.50. The molecule has 0 saturated carbocycles. The van der Waals surface area contributed by atoms with Gasteiger partial charge >= 0.3 is 6.36 Å². The third-order valence-electron chi connectivity index (χ3n) is 3.77. The Bertz CT molecular complexity index is 485. The highest BCUT2D eigenvalue weighted by molar-refractivity contribution is 5.30. The summed E-state index contributed by atoms with van der Waals surface area (Å²) in [5.41, 5.74) is 0.260. The summed E-state index contributed by atoms with van der Waals surface area (Å²) in [4.78, 5) is 4.53. The van der Waals surface area contributed by atoms with Crippen molar-refractivity contribution in [2.24, 2.45) is 0 Å². The van der Waals surface area contributed by atoms with E-state index >= 15 is 0 Å². The summed E-state index contributed by atoms with van der Waals surface area (Å²) in [5.74, 6) is -0.864. The highest BCUT2D eigenvalue weighted by Gasteiger charge is 2.31. The van der Waals surface area contributed by atoms with E-state index < -0.39 is 12.2 Å². The number of ether oxygens (including phenoxy) is 1. The standard InChI is InChI=1S/C15H20F4N2O/c1-20-7-9-21(10-8-20)6-2-3-12-11-13(4-5-14(12)16)22-15(17,18)19/h4-5,11H,2-3,6-10H2,1H3. The maximum Gasteiger partial charge on any atom is 0.573 e. The van der Waals surface area contributed by atoms with Gasteiger partial charge in [0.05, 0.1) is 0 Å². The van der Waals surface area contributed by atoms with E-state index in [2.05, 4.69) is 21.6 Å². The maximum absolute atomic E-state index is 13.7. The molecule has 0 spiro atoms. The first-order valence-corrected chi connectivity index (χ1v) is 7.28. The topological polar surface area (TPSA) is 15.7 Å². The number of likely N-dealkylation sites (N-methyl/N-ethyl adjacent to an activating group) is 1. The van der Waals surface area contributed by atoms with Crippen LogP contribution in [0.3, 0.4) is 0 Å². The summed E-state index contributed by atoms with van der Waals surface area (Å²) >= 11 is 0. The predicted octanol–water partition coefficient (Wildman–Crippen LogP) is 2.90. The number of alkyl halides is 3. The molecular formula is C15H20F4N2O. The van der Waals surface area contributed by atoms with Crippen LogP contribution in [0.1, 0.15) is 12.0 Å². The largest absolute Gasteiger partial charge is 0.573 e. The Morgan fingerprint density at radius 3 is 2.45 bits per heavy atom. The van der Waals surface area contributed by atoms with Crippen LogP contribution in [0.25, 0.3) is 0 Å². The van der Waals surface area contributed by atoms with E-state index in [4.69, 9.17) is 0 Å². The lowest BCUT2D eigenvalue weighted by molar-refractivity contribution is -0.274. The highest BCUT2D eigenvalue weighted by Crippen LogP contribution is 2.25. The number of halogens is 4. The molecular weight excluding hydrogens is 300 g/mol. The SMILES string of the molecule is CN1CCN(CCCc2cc(OC(F)(F)F)ccc2F)CC1. The molecule has 7 heteroatoms. The number of piperazine rings is 1. The Kier molecular flexibility index (Phi) is 5.63. The minimum absolute atomic E-state index is 0.260. The summed E-state index contributed by atoms with van der Waals surface area (Å²) in [6.45, 7) is 4.76. The van der Waals surface area contributed by atoms with Crippen LogP contribution in [-0.4, -0.2) is 55.9 Å². The van der Waals surface area contributed by atoms with Crippen LogP contribution in [0.2, 0.25) is 0 Å². The van der Waals surface area contributed by atoms with Gasteiger partial charge in [-0.05, 0) is 50.2 Å². The second kappa shape index (κ2) is 7.28. The Labute approximate surface area is 127 Å². The molecule has 1 saturated heterocycles. The van der Waals surface area contributed by atoms with Gasteiger partial charge in [-0.15, -0.1) is 13.2 Å². The van der Waals surface area contributed by atoms with Crippen molar-refractivity contribution in [2.75, 3.05) is 39.8 Å². The normalized spacial score (nSPS) is 17.7. The van der Waals surface area contributed by atoms with E-state index in [9.17, 15) is 17.6 Å². The van der Waals surface area contributed by atoms with Gasteiger partial charge in [-0.25, -0.2) is 4.39 Å². The molecule has 0 aliphatic carbocycles. The molecule has 0 N–H and O–H groups in total. The molecule has 1 aliphatic rings. The number of hydrogen-bond donors (Lipinski definition) is 0. The van der Waals surface area contributed by atoms with Crippen molar-refractivity contribution in [3.05, 3.63) is 29.6 Å². The lowest BCUT2D eigenvalue weighted by Crippen LogP contribution is -2.44. The van der Waals surface area contributed by atoms with E-state index in [1.165, 1.54) is 0 Å². The molecule has 0 unspecified atom stereocenters. The number of nitrogens with zero attached hydrogens (tertiary/aromatic N) is 2. The zero-order chi connectivity index (χ0) is 16.2. The van der Waals surface area contributed by atoms with Gasteiger partial charge in [0.15, 0.2) is 0 Å². The minimum atomic E-state index is -4.76. The molecule has 22 heavy (non-hydrogen) atoms. The molecule has 0 aromatic heterocycles. The van der Waals surface area contributed by atoms with E-state index in [-0.39, 0.29) is 11.3 Å². The molecule has 2 rings (SSSR count). The Balaban J connectivity index is 1.85. The third-order valence-corrected chi connectivity index (χ3v) is 3.77. The van der Waals surface area contributed by atoms with E-state index in [1.807, 2.05) is 0 Å². The van der Waals surface area contributed by atoms with Crippen LogP contribution in [0.4, 0.5) is 17.6 Å². The summed E-state index contributed by atoms with van der Waals surface area (Å²) in [5, 5.41) is 0. The minimum Gasteiger partial charge on any atom is -0.406 e. The van der Waals surface area contributed by atoms with Crippen molar-refractivity contribution in [2.45, 2.75) is 19.2 Å². The Morgan fingerprint density at radius 1 is 1.14 bits per heavy atom. The molecule has 1 aromatic rings. The fourth-order valence-electron chi connectivity index (χ4n) is 2.50. The highest BCUT2D eigenvalue weighted by atomic mass is 19.4. The molecule has 0 radical (unpaired) electrons. The van der Waals surface area contributed by atoms with Gasteiger partial charge in [-0.3, -0.25) is 0 Å². The van der Waals surface area contributed by atoms with E-state index in [0.717, 1.165) is 50.9 Å². The lowest BCUT2D eigenvalue weighted by atomic mass is 10.1. The van der Waals surface area contributed by atoms with Crippen LogP contribution < -0.4 is 4.74 Å². The summed E-state index contributed by atoms with van der Waals surface area (Å²) in [6, 6.07) is 3.14.